The molecule has 1 aromatic heterocycles. The van der Waals surface area contributed by atoms with Crippen LogP contribution in [-0.2, 0) is 6.54 Å². The third-order valence-electron chi connectivity index (χ3n) is 3.95. The summed E-state index contributed by atoms with van der Waals surface area (Å²) in [5.41, 5.74) is 1.95. The molecule has 0 bridgehead atoms. The van der Waals surface area contributed by atoms with Crippen LogP contribution in [0.2, 0.25) is 0 Å². The average Bonchev–Trinajstić information content (AvgIpc) is 2.92. The molecule has 0 aliphatic carbocycles. The highest BCUT2D eigenvalue weighted by Gasteiger charge is 2.24. The van der Waals surface area contributed by atoms with Gasteiger partial charge in [0, 0.05) is 24.7 Å². The zero-order chi connectivity index (χ0) is 13.9. The summed E-state index contributed by atoms with van der Waals surface area (Å²) in [4.78, 5) is 2.31. The molecule has 0 radical (unpaired) electrons. The molecule has 1 aromatic carbocycles. The van der Waals surface area contributed by atoms with Gasteiger partial charge >= 0.3 is 0 Å². The molecule has 0 spiro atoms. The SMILES string of the molecule is CC1CN(Cc2cc(-c3ccccc3)no2)CCC1O. The molecule has 20 heavy (non-hydrogen) atoms. The average molecular weight is 272 g/mol. The monoisotopic (exact) mass is 272 g/mol. The Hall–Kier alpha value is -1.65. The molecule has 2 unspecified atom stereocenters. The predicted molar refractivity (Wildman–Crippen MR) is 77.0 cm³/mol. The number of rotatable bonds is 3. The van der Waals surface area contributed by atoms with Gasteiger partial charge in [-0.1, -0.05) is 42.4 Å². The molecule has 1 aliphatic heterocycles. The van der Waals surface area contributed by atoms with Crippen molar-refractivity contribution in [1.82, 2.24) is 10.1 Å². The number of aliphatic hydroxyl groups excluding tert-OH is 1. The Bertz CT molecular complexity index is 553. The number of likely N-dealkylation sites (tertiary alicyclic amines) is 1. The van der Waals surface area contributed by atoms with E-state index in [9.17, 15) is 5.11 Å². The molecule has 4 heteroatoms. The quantitative estimate of drug-likeness (QED) is 0.933. The normalized spacial score (nSPS) is 23.9. The molecule has 0 amide bonds. The molecule has 3 rings (SSSR count). The van der Waals surface area contributed by atoms with Gasteiger partial charge in [0.2, 0.25) is 0 Å². The molecule has 1 aliphatic rings. The van der Waals surface area contributed by atoms with E-state index in [2.05, 4.69) is 17.0 Å². The Morgan fingerprint density at radius 2 is 2.15 bits per heavy atom. The highest BCUT2D eigenvalue weighted by Crippen LogP contribution is 2.22. The summed E-state index contributed by atoms with van der Waals surface area (Å²) in [5, 5.41) is 13.9. The van der Waals surface area contributed by atoms with Crippen LogP contribution >= 0.6 is 0 Å². The van der Waals surface area contributed by atoms with Gasteiger partial charge in [0.25, 0.3) is 0 Å². The predicted octanol–water partition coefficient (Wildman–Crippen LogP) is 2.54. The molecule has 1 fully saturated rings. The van der Waals surface area contributed by atoms with E-state index in [1.54, 1.807) is 0 Å². The van der Waals surface area contributed by atoms with Gasteiger partial charge in [0.05, 0.1) is 12.6 Å². The van der Waals surface area contributed by atoms with Crippen molar-refractivity contribution in [2.75, 3.05) is 13.1 Å². The molecule has 0 saturated carbocycles. The number of benzene rings is 1. The van der Waals surface area contributed by atoms with E-state index < -0.39 is 0 Å². The molecule has 1 N–H and O–H groups in total. The maximum atomic E-state index is 9.75. The highest BCUT2D eigenvalue weighted by atomic mass is 16.5. The van der Waals surface area contributed by atoms with E-state index in [4.69, 9.17) is 4.52 Å². The van der Waals surface area contributed by atoms with Crippen LogP contribution in [0.25, 0.3) is 11.3 Å². The zero-order valence-electron chi connectivity index (χ0n) is 11.7. The largest absolute Gasteiger partial charge is 0.393 e. The van der Waals surface area contributed by atoms with Crippen molar-refractivity contribution in [3.63, 3.8) is 0 Å². The second-order valence-electron chi connectivity index (χ2n) is 5.61. The van der Waals surface area contributed by atoms with E-state index in [-0.39, 0.29) is 6.10 Å². The van der Waals surface area contributed by atoms with E-state index in [0.717, 1.165) is 43.1 Å². The number of aromatic nitrogens is 1. The molecule has 2 aromatic rings. The summed E-state index contributed by atoms with van der Waals surface area (Å²) in [6.45, 7) is 4.67. The van der Waals surface area contributed by atoms with Crippen LogP contribution in [-0.4, -0.2) is 34.4 Å². The van der Waals surface area contributed by atoms with Crippen molar-refractivity contribution in [2.45, 2.75) is 26.0 Å². The summed E-state index contributed by atoms with van der Waals surface area (Å²) in [5.74, 6) is 1.20. The van der Waals surface area contributed by atoms with Gasteiger partial charge < -0.3 is 9.63 Å². The van der Waals surface area contributed by atoms with Crippen molar-refractivity contribution in [2.24, 2.45) is 5.92 Å². The number of hydrogen-bond donors (Lipinski definition) is 1. The van der Waals surface area contributed by atoms with Crippen LogP contribution < -0.4 is 0 Å². The van der Waals surface area contributed by atoms with Gasteiger partial charge in [-0.05, 0) is 12.3 Å². The second kappa shape index (κ2) is 5.77. The minimum absolute atomic E-state index is 0.166. The molecular weight excluding hydrogens is 252 g/mol. The number of aliphatic hydroxyl groups is 1. The Kier molecular flexibility index (Phi) is 3.85. The first kappa shape index (κ1) is 13.3. The van der Waals surface area contributed by atoms with Crippen molar-refractivity contribution in [3.8, 4) is 11.3 Å². The molecule has 4 nitrogen and oxygen atoms in total. The maximum absolute atomic E-state index is 9.75. The fraction of sp³-hybridized carbons (Fsp3) is 0.438. The fourth-order valence-corrected chi connectivity index (χ4v) is 2.72. The fourth-order valence-electron chi connectivity index (χ4n) is 2.72. The van der Waals surface area contributed by atoms with Crippen LogP contribution in [0.5, 0.6) is 0 Å². The lowest BCUT2D eigenvalue weighted by Gasteiger charge is -2.33. The first-order valence-corrected chi connectivity index (χ1v) is 7.14. The number of piperidine rings is 1. The van der Waals surface area contributed by atoms with Gasteiger partial charge in [-0.3, -0.25) is 4.90 Å². The van der Waals surface area contributed by atoms with Crippen LogP contribution in [0, 0.1) is 5.92 Å². The second-order valence-corrected chi connectivity index (χ2v) is 5.61. The molecule has 2 heterocycles. The molecule has 1 saturated heterocycles. The summed E-state index contributed by atoms with van der Waals surface area (Å²) in [7, 11) is 0. The molecule has 106 valence electrons. The topological polar surface area (TPSA) is 49.5 Å². The summed E-state index contributed by atoms with van der Waals surface area (Å²) in [6.07, 6.45) is 0.668. The van der Waals surface area contributed by atoms with E-state index in [0.29, 0.717) is 5.92 Å². The van der Waals surface area contributed by atoms with Gasteiger partial charge in [-0.2, -0.15) is 0 Å². The van der Waals surface area contributed by atoms with Crippen molar-refractivity contribution < 1.29 is 9.63 Å². The molecular formula is C16H20N2O2. The summed E-state index contributed by atoms with van der Waals surface area (Å²) >= 11 is 0. The highest BCUT2D eigenvalue weighted by molar-refractivity contribution is 5.58. The first-order chi connectivity index (χ1) is 9.72. The Labute approximate surface area is 119 Å². The van der Waals surface area contributed by atoms with Crippen LogP contribution in [0.3, 0.4) is 0 Å². The summed E-state index contributed by atoms with van der Waals surface area (Å²) in [6, 6.07) is 12.0. The van der Waals surface area contributed by atoms with Gasteiger partial charge in [-0.15, -0.1) is 0 Å². The Balaban J connectivity index is 1.66. The minimum Gasteiger partial charge on any atom is -0.393 e. The van der Waals surface area contributed by atoms with Crippen LogP contribution in [0.1, 0.15) is 19.1 Å². The lowest BCUT2D eigenvalue weighted by molar-refractivity contribution is 0.0289. The van der Waals surface area contributed by atoms with E-state index in [1.807, 2.05) is 36.4 Å². The van der Waals surface area contributed by atoms with Crippen molar-refractivity contribution in [1.29, 1.82) is 0 Å². The van der Waals surface area contributed by atoms with Crippen LogP contribution in [0.15, 0.2) is 40.9 Å². The lowest BCUT2D eigenvalue weighted by Crippen LogP contribution is -2.41. The number of nitrogens with zero attached hydrogens (tertiary/aromatic N) is 2. The smallest absolute Gasteiger partial charge is 0.151 e. The van der Waals surface area contributed by atoms with Gasteiger partial charge in [0.15, 0.2) is 5.76 Å². The maximum Gasteiger partial charge on any atom is 0.151 e. The zero-order valence-corrected chi connectivity index (χ0v) is 11.7. The Morgan fingerprint density at radius 1 is 1.35 bits per heavy atom. The van der Waals surface area contributed by atoms with E-state index >= 15 is 0 Å². The van der Waals surface area contributed by atoms with Gasteiger partial charge in [-0.25, -0.2) is 0 Å². The van der Waals surface area contributed by atoms with Crippen molar-refractivity contribution >= 4 is 0 Å². The third-order valence-corrected chi connectivity index (χ3v) is 3.95. The first-order valence-electron chi connectivity index (χ1n) is 7.14. The summed E-state index contributed by atoms with van der Waals surface area (Å²) < 4.78 is 5.43. The third kappa shape index (κ3) is 2.92. The molecule has 2 atom stereocenters. The Morgan fingerprint density at radius 3 is 2.90 bits per heavy atom. The van der Waals surface area contributed by atoms with Gasteiger partial charge in [0.1, 0.15) is 5.69 Å². The van der Waals surface area contributed by atoms with Crippen LogP contribution in [0.4, 0.5) is 0 Å². The van der Waals surface area contributed by atoms with Crippen molar-refractivity contribution in [3.05, 3.63) is 42.2 Å². The number of hydrogen-bond acceptors (Lipinski definition) is 4. The minimum atomic E-state index is -0.166. The standard InChI is InChI=1S/C16H20N2O2/c1-12-10-18(8-7-16(12)19)11-14-9-15(17-20-14)13-5-3-2-4-6-13/h2-6,9,12,16,19H,7-8,10-11H2,1H3. The lowest BCUT2D eigenvalue weighted by atomic mass is 9.97. The van der Waals surface area contributed by atoms with E-state index in [1.165, 1.54) is 0 Å².